The Morgan fingerprint density at radius 1 is 1.45 bits per heavy atom. The molecule has 1 aliphatic heterocycles. The van der Waals surface area contributed by atoms with Gasteiger partial charge in [-0.2, -0.15) is 0 Å². The van der Waals surface area contributed by atoms with E-state index in [2.05, 4.69) is 0 Å². The Morgan fingerprint density at radius 2 is 2.05 bits per heavy atom. The van der Waals surface area contributed by atoms with Crippen molar-refractivity contribution >= 4 is 5.78 Å². The Balaban J connectivity index is 1.88. The highest BCUT2D eigenvalue weighted by Crippen LogP contribution is 2.18. The van der Waals surface area contributed by atoms with Crippen LogP contribution in [-0.4, -0.2) is 42.1 Å². The minimum absolute atomic E-state index is 0.202. The standard InChI is InChI=1S/C15H20O5/c1-10(18-8-13-9-19-13)20-12-6-4-11(5-7-12)14(16)15(2,3)17/h4-7,10,13,17H,8-9H2,1-3H3. The fourth-order valence-electron chi connectivity index (χ4n) is 1.67. The molecular weight excluding hydrogens is 260 g/mol. The third-order valence-electron chi connectivity index (χ3n) is 2.89. The number of carbonyl (C=O) groups is 1. The van der Waals surface area contributed by atoms with Gasteiger partial charge in [0.1, 0.15) is 17.5 Å². The summed E-state index contributed by atoms with van der Waals surface area (Å²) in [5.74, 6) is 0.292. The molecular formula is C15H20O5. The maximum Gasteiger partial charge on any atom is 0.197 e. The summed E-state index contributed by atoms with van der Waals surface area (Å²) in [7, 11) is 0. The summed E-state index contributed by atoms with van der Waals surface area (Å²) in [6.45, 7) is 6.01. The topological polar surface area (TPSA) is 68.3 Å². The lowest BCUT2D eigenvalue weighted by Crippen LogP contribution is -2.31. The van der Waals surface area contributed by atoms with Crippen LogP contribution in [0.5, 0.6) is 5.75 Å². The third kappa shape index (κ3) is 4.30. The van der Waals surface area contributed by atoms with E-state index in [9.17, 15) is 9.90 Å². The second kappa shape index (κ2) is 5.91. The number of ketones is 1. The van der Waals surface area contributed by atoms with E-state index in [-0.39, 0.29) is 18.2 Å². The van der Waals surface area contributed by atoms with Crippen molar-refractivity contribution in [3.63, 3.8) is 0 Å². The molecule has 0 radical (unpaired) electrons. The SMILES string of the molecule is CC(OCC1CO1)Oc1ccc(C(=O)C(C)(C)O)cc1. The lowest BCUT2D eigenvalue weighted by atomic mass is 9.97. The first-order valence-corrected chi connectivity index (χ1v) is 6.63. The normalized spacial score (nSPS) is 19.5. The smallest absolute Gasteiger partial charge is 0.197 e. The molecule has 1 fully saturated rings. The predicted octanol–water partition coefficient (Wildman–Crippen LogP) is 1.78. The molecule has 0 saturated carbocycles. The first kappa shape index (κ1) is 15.0. The van der Waals surface area contributed by atoms with Gasteiger partial charge in [-0.15, -0.1) is 0 Å². The largest absolute Gasteiger partial charge is 0.465 e. The van der Waals surface area contributed by atoms with Crippen molar-refractivity contribution in [2.45, 2.75) is 38.8 Å². The molecule has 0 amide bonds. The molecule has 1 aromatic rings. The molecule has 0 aliphatic carbocycles. The van der Waals surface area contributed by atoms with E-state index in [0.29, 0.717) is 17.9 Å². The number of carbonyl (C=O) groups excluding carboxylic acids is 1. The molecule has 1 N–H and O–H groups in total. The van der Waals surface area contributed by atoms with Crippen LogP contribution in [0.1, 0.15) is 31.1 Å². The van der Waals surface area contributed by atoms with E-state index in [0.717, 1.165) is 6.61 Å². The van der Waals surface area contributed by atoms with Crippen molar-refractivity contribution in [3.8, 4) is 5.75 Å². The zero-order valence-electron chi connectivity index (χ0n) is 12.0. The highest BCUT2D eigenvalue weighted by Gasteiger charge is 2.25. The van der Waals surface area contributed by atoms with E-state index < -0.39 is 5.60 Å². The van der Waals surface area contributed by atoms with Crippen LogP contribution in [0, 0.1) is 0 Å². The minimum Gasteiger partial charge on any atom is -0.465 e. The van der Waals surface area contributed by atoms with Crippen molar-refractivity contribution in [2.75, 3.05) is 13.2 Å². The van der Waals surface area contributed by atoms with Gasteiger partial charge in [-0.1, -0.05) is 0 Å². The molecule has 110 valence electrons. The quantitative estimate of drug-likeness (QED) is 0.468. The summed E-state index contributed by atoms with van der Waals surface area (Å²) in [5.41, 5.74) is -0.923. The minimum atomic E-state index is -1.37. The summed E-state index contributed by atoms with van der Waals surface area (Å²) >= 11 is 0. The first-order valence-electron chi connectivity index (χ1n) is 6.63. The molecule has 1 aromatic carbocycles. The molecule has 0 bridgehead atoms. The van der Waals surface area contributed by atoms with Gasteiger partial charge in [-0.05, 0) is 45.0 Å². The maximum atomic E-state index is 11.9. The Bertz CT molecular complexity index is 456. The van der Waals surface area contributed by atoms with Crippen molar-refractivity contribution in [2.24, 2.45) is 0 Å². The van der Waals surface area contributed by atoms with E-state index in [4.69, 9.17) is 14.2 Å². The Labute approximate surface area is 118 Å². The average molecular weight is 280 g/mol. The van der Waals surface area contributed by atoms with Crippen molar-refractivity contribution in [1.82, 2.24) is 0 Å². The van der Waals surface area contributed by atoms with Gasteiger partial charge in [0.2, 0.25) is 0 Å². The van der Waals surface area contributed by atoms with Crippen LogP contribution in [0.25, 0.3) is 0 Å². The highest BCUT2D eigenvalue weighted by atomic mass is 16.7. The number of Topliss-reactive ketones (excluding diaryl/α,β-unsaturated/α-hetero) is 1. The van der Waals surface area contributed by atoms with Crippen LogP contribution in [0.3, 0.4) is 0 Å². The molecule has 0 aromatic heterocycles. The van der Waals surface area contributed by atoms with Crippen LogP contribution >= 0.6 is 0 Å². The lowest BCUT2D eigenvalue weighted by Gasteiger charge is -2.17. The monoisotopic (exact) mass is 280 g/mol. The van der Waals surface area contributed by atoms with Crippen molar-refractivity contribution in [3.05, 3.63) is 29.8 Å². The summed E-state index contributed by atoms with van der Waals surface area (Å²) in [5, 5.41) is 9.67. The molecule has 5 nitrogen and oxygen atoms in total. The number of hydrogen-bond donors (Lipinski definition) is 1. The van der Waals surface area contributed by atoms with Gasteiger partial charge in [0.25, 0.3) is 0 Å². The first-order chi connectivity index (χ1) is 9.36. The second-order valence-corrected chi connectivity index (χ2v) is 5.39. The average Bonchev–Trinajstić information content (AvgIpc) is 3.19. The van der Waals surface area contributed by atoms with Crippen LogP contribution in [-0.2, 0) is 9.47 Å². The number of rotatable bonds is 7. The molecule has 5 heteroatoms. The number of aliphatic hydroxyl groups is 1. The zero-order chi connectivity index (χ0) is 14.8. The highest BCUT2D eigenvalue weighted by molar-refractivity contribution is 6.01. The fourth-order valence-corrected chi connectivity index (χ4v) is 1.67. The molecule has 0 spiro atoms. The summed E-state index contributed by atoms with van der Waals surface area (Å²) in [6, 6.07) is 6.64. The van der Waals surface area contributed by atoms with E-state index in [1.165, 1.54) is 13.8 Å². The van der Waals surface area contributed by atoms with Gasteiger partial charge in [-0.25, -0.2) is 0 Å². The summed E-state index contributed by atoms with van der Waals surface area (Å²) in [6.07, 6.45) is -0.178. The van der Waals surface area contributed by atoms with Gasteiger partial charge >= 0.3 is 0 Å². The van der Waals surface area contributed by atoms with Crippen molar-refractivity contribution < 1.29 is 24.1 Å². The predicted molar refractivity (Wildman–Crippen MR) is 72.9 cm³/mol. The Hall–Kier alpha value is -1.43. The second-order valence-electron chi connectivity index (χ2n) is 5.39. The van der Waals surface area contributed by atoms with E-state index >= 15 is 0 Å². The van der Waals surface area contributed by atoms with Gasteiger partial charge < -0.3 is 19.3 Å². The van der Waals surface area contributed by atoms with Gasteiger partial charge in [-0.3, -0.25) is 4.79 Å². The molecule has 1 saturated heterocycles. The fraction of sp³-hybridized carbons (Fsp3) is 0.533. The molecule has 2 atom stereocenters. The maximum absolute atomic E-state index is 11.9. The van der Waals surface area contributed by atoms with Crippen LogP contribution in [0.2, 0.25) is 0 Å². The Morgan fingerprint density at radius 3 is 2.55 bits per heavy atom. The summed E-state index contributed by atoms with van der Waals surface area (Å²) in [4.78, 5) is 11.9. The van der Waals surface area contributed by atoms with E-state index in [1.807, 2.05) is 0 Å². The summed E-state index contributed by atoms with van der Waals surface area (Å²) < 4.78 is 16.1. The van der Waals surface area contributed by atoms with E-state index in [1.54, 1.807) is 31.2 Å². The molecule has 2 unspecified atom stereocenters. The lowest BCUT2D eigenvalue weighted by molar-refractivity contribution is -0.0709. The van der Waals surface area contributed by atoms with Gasteiger partial charge in [0.05, 0.1) is 13.2 Å². The number of benzene rings is 1. The van der Waals surface area contributed by atoms with Gasteiger partial charge in [0, 0.05) is 5.56 Å². The van der Waals surface area contributed by atoms with Crippen LogP contribution in [0.15, 0.2) is 24.3 Å². The molecule has 20 heavy (non-hydrogen) atoms. The molecule has 2 rings (SSSR count). The Kier molecular flexibility index (Phi) is 4.42. The molecule has 1 aliphatic rings. The van der Waals surface area contributed by atoms with Gasteiger partial charge in [0.15, 0.2) is 12.1 Å². The van der Waals surface area contributed by atoms with Crippen LogP contribution < -0.4 is 4.74 Å². The molecule has 1 heterocycles. The van der Waals surface area contributed by atoms with Crippen molar-refractivity contribution in [1.29, 1.82) is 0 Å². The number of ether oxygens (including phenoxy) is 3. The zero-order valence-corrected chi connectivity index (χ0v) is 12.0. The number of hydrogen-bond acceptors (Lipinski definition) is 5. The third-order valence-corrected chi connectivity index (χ3v) is 2.89. The van der Waals surface area contributed by atoms with Crippen LogP contribution in [0.4, 0.5) is 0 Å². The number of epoxide rings is 1.